The molecule has 152 valence electrons. The summed E-state index contributed by atoms with van der Waals surface area (Å²) in [6.07, 6.45) is 0. The van der Waals surface area contributed by atoms with E-state index in [1.165, 1.54) is 16.4 Å². The predicted molar refractivity (Wildman–Crippen MR) is 115 cm³/mol. The maximum atomic E-state index is 13.2. The number of carbonyl (C=O) groups excluding carboxylic acids is 1. The number of Topliss-reactive ketones (excluding diaryl/α,β-unsaturated/α-hetero) is 1. The summed E-state index contributed by atoms with van der Waals surface area (Å²) in [4.78, 5) is 25.8. The molecule has 0 atom stereocenters. The second-order valence-corrected chi connectivity index (χ2v) is 7.75. The molecule has 9 heteroatoms. The molecular weight excluding hydrogens is 400 g/mol. The molecule has 0 spiro atoms. The van der Waals surface area contributed by atoms with Gasteiger partial charge in [0.2, 0.25) is 5.16 Å². The van der Waals surface area contributed by atoms with Gasteiger partial charge in [-0.1, -0.05) is 54.2 Å². The highest BCUT2D eigenvalue weighted by Gasteiger charge is 2.22. The molecule has 2 heterocycles. The molecule has 30 heavy (non-hydrogen) atoms. The van der Waals surface area contributed by atoms with Gasteiger partial charge < -0.3 is 0 Å². The molecule has 0 amide bonds. The monoisotopic (exact) mass is 420 g/mol. The van der Waals surface area contributed by atoms with Crippen molar-refractivity contribution in [3.05, 3.63) is 81.8 Å². The maximum Gasteiger partial charge on any atom is 0.297 e. The van der Waals surface area contributed by atoms with Crippen molar-refractivity contribution in [2.45, 2.75) is 19.0 Å². The molecule has 2 aromatic heterocycles. The highest BCUT2D eigenvalue weighted by Crippen LogP contribution is 2.21. The van der Waals surface area contributed by atoms with E-state index in [1.807, 2.05) is 69.4 Å². The first-order valence-electron chi connectivity index (χ1n) is 9.33. The van der Waals surface area contributed by atoms with Gasteiger partial charge in [-0.2, -0.15) is 4.68 Å². The molecule has 4 rings (SSSR count). The van der Waals surface area contributed by atoms with Crippen molar-refractivity contribution < 1.29 is 4.79 Å². The van der Waals surface area contributed by atoms with Gasteiger partial charge in [-0.15, -0.1) is 5.10 Å². The number of hydrogen-bond donors (Lipinski definition) is 0. The number of nitrogens with zero attached hydrogens (tertiary/aromatic N) is 6. The van der Waals surface area contributed by atoms with Crippen molar-refractivity contribution in [2.24, 2.45) is 7.05 Å². The van der Waals surface area contributed by atoms with Crippen molar-refractivity contribution in [3.8, 4) is 11.4 Å². The number of benzene rings is 2. The average Bonchev–Trinajstić information content (AvgIpc) is 3.29. The van der Waals surface area contributed by atoms with Gasteiger partial charge in [0.05, 0.1) is 17.1 Å². The fourth-order valence-corrected chi connectivity index (χ4v) is 4.06. The summed E-state index contributed by atoms with van der Waals surface area (Å²) in [5.74, 6) is 0.156. The summed E-state index contributed by atoms with van der Waals surface area (Å²) in [7, 11) is 1.81. The first-order chi connectivity index (χ1) is 14.5. The topological polar surface area (TPSA) is 87.6 Å². The van der Waals surface area contributed by atoms with Crippen molar-refractivity contribution in [1.29, 1.82) is 0 Å². The summed E-state index contributed by atoms with van der Waals surface area (Å²) < 4.78 is 4.74. The van der Waals surface area contributed by atoms with Crippen molar-refractivity contribution in [1.82, 2.24) is 29.6 Å². The van der Waals surface area contributed by atoms with Gasteiger partial charge in [0, 0.05) is 12.6 Å². The van der Waals surface area contributed by atoms with Crippen LogP contribution >= 0.6 is 11.8 Å². The number of rotatable bonds is 6. The summed E-state index contributed by atoms with van der Waals surface area (Å²) >= 11 is 1.21. The van der Waals surface area contributed by atoms with Crippen molar-refractivity contribution in [2.75, 3.05) is 5.75 Å². The molecule has 8 nitrogen and oxygen atoms in total. The fourth-order valence-electron chi connectivity index (χ4n) is 3.30. The molecule has 0 saturated heterocycles. The Kier molecular flexibility index (Phi) is 5.37. The van der Waals surface area contributed by atoms with Crippen molar-refractivity contribution in [3.63, 3.8) is 0 Å². The van der Waals surface area contributed by atoms with Crippen LogP contribution in [0.25, 0.3) is 11.4 Å². The molecule has 4 aromatic rings. The molecular formula is C21H20N6O2S. The van der Waals surface area contributed by atoms with Gasteiger partial charge in [-0.3, -0.25) is 14.3 Å². The SMILES string of the molecule is Cc1ccccc1C(=O)CSc1nnnn1-c1c(C)n(C)n(-c2ccccc2)c1=O. The Balaban J connectivity index is 1.67. The van der Waals surface area contributed by atoms with Gasteiger partial charge >= 0.3 is 0 Å². The fraction of sp³-hybridized carbons (Fsp3) is 0.190. The quantitative estimate of drug-likeness (QED) is 0.352. The lowest BCUT2D eigenvalue weighted by atomic mass is 10.1. The molecule has 0 fully saturated rings. The maximum absolute atomic E-state index is 13.2. The second kappa shape index (κ2) is 8.11. The molecule has 0 radical (unpaired) electrons. The van der Waals surface area contributed by atoms with Gasteiger partial charge in [0.1, 0.15) is 0 Å². The lowest BCUT2D eigenvalue weighted by Gasteiger charge is -2.07. The van der Waals surface area contributed by atoms with Gasteiger partial charge in [-0.05, 0) is 42.0 Å². The first kappa shape index (κ1) is 19.8. The van der Waals surface area contributed by atoms with Crippen LogP contribution in [0.1, 0.15) is 21.6 Å². The summed E-state index contributed by atoms with van der Waals surface area (Å²) in [6, 6.07) is 16.8. The van der Waals surface area contributed by atoms with Gasteiger partial charge in [0.25, 0.3) is 5.56 Å². The molecule has 0 aliphatic carbocycles. The number of hydrogen-bond acceptors (Lipinski definition) is 6. The van der Waals surface area contributed by atoms with Crippen LogP contribution in [-0.2, 0) is 7.05 Å². The Morgan fingerprint density at radius 2 is 1.73 bits per heavy atom. The number of aromatic nitrogens is 6. The number of aryl methyl sites for hydroxylation is 1. The molecule has 0 saturated carbocycles. The van der Waals surface area contributed by atoms with Crippen LogP contribution in [0.2, 0.25) is 0 Å². The molecule has 0 unspecified atom stereocenters. The van der Waals surface area contributed by atoms with E-state index in [1.54, 1.807) is 15.4 Å². The van der Waals surface area contributed by atoms with E-state index in [-0.39, 0.29) is 17.1 Å². The number of tetrazole rings is 1. The van der Waals surface area contributed by atoms with E-state index in [0.717, 1.165) is 11.3 Å². The van der Waals surface area contributed by atoms with Crippen LogP contribution in [0.15, 0.2) is 64.5 Å². The second-order valence-electron chi connectivity index (χ2n) is 6.81. The van der Waals surface area contributed by atoms with E-state index >= 15 is 0 Å². The van der Waals surface area contributed by atoms with Crippen LogP contribution in [0.4, 0.5) is 0 Å². The molecule has 2 aromatic carbocycles. The Morgan fingerprint density at radius 3 is 2.47 bits per heavy atom. The third-order valence-electron chi connectivity index (χ3n) is 4.95. The molecule has 0 aliphatic rings. The Labute approximate surface area is 177 Å². The minimum Gasteiger partial charge on any atom is -0.293 e. The third kappa shape index (κ3) is 3.48. The number of ketones is 1. The first-order valence-corrected chi connectivity index (χ1v) is 10.3. The average molecular weight is 420 g/mol. The van der Waals surface area contributed by atoms with Crippen LogP contribution in [0, 0.1) is 13.8 Å². The van der Waals surface area contributed by atoms with Crippen LogP contribution < -0.4 is 5.56 Å². The zero-order valence-corrected chi connectivity index (χ0v) is 17.6. The smallest absolute Gasteiger partial charge is 0.293 e. The Hall–Kier alpha value is -3.46. The number of thioether (sulfide) groups is 1. The largest absolute Gasteiger partial charge is 0.297 e. The third-order valence-corrected chi connectivity index (χ3v) is 5.87. The highest BCUT2D eigenvalue weighted by molar-refractivity contribution is 7.99. The minimum atomic E-state index is -0.236. The van der Waals surface area contributed by atoms with E-state index in [4.69, 9.17) is 0 Å². The Morgan fingerprint density at radius 1 is 1.03 bits per heavy atom. The molecule has 0 N–H and O–H groups in total. The summed E-state index contributed by atoms with van der Waals surface area (Å²) in [6.45, 7) is 3.74. The van der Waals surface area contributed by atoms with E-state index < -0.39 is 0 Å². The lowest BCUT2D eigenvalue weighted by molar-refractivity contribution is 0.102. The van der Waals surface area contributed by atoms with E-state index in [0.29, 0.717) is 22.1 Å². The van der Waals surface area contributed by atoms with Gasteiger partial charge in [-0.25, -0.2) is 4.68 Å². The Bertz CT molecular complexity index is 1270. The standard InChI is InChI=1S/C21H20N6O2S/c1-14-9-7-8-12-17(14)18(28)13-30-21-22-23-24-26(21)19-15(2)25(3)27(20(19)29)16-10-5-4-6-11-16/h4-12H,13H2,1-3H3. The summed E-state index contributed by atoms with van der Waals surface area (Å²) in [5.41, 5.74) is 3.18. The lowest BCUT2D eigenvalue weighted by Crippen LogP contribution is -2.22. The van der Waals surface area contributed by atoms with E-state index in [2.05, 4.69) is 15.5 Å². The number of carbonyl (C=O) groups is 1. The van der Waals surface area contributed by atoms with Crippen LogP contribution in [0.3, 0.4) is 0 Å². The van der Waals surface area contributed by atoms with E-state index in [9.17, 15) is 9.59 Å². The van der Waals surface area contributed by atoms with Crippen LogP contribution in [0.5, 0.6) is 0 Å². The molecule has 0 aliphatic heterocycles. The van der Waals surface area contributed by atoms with Crippen molar-refractivity contribution >= 4 is 17.5 Å². The number of para-hydroxylation sites is 1. The normalized spacial score (nSPS) is 11.0. The van der Waals surface area contributed by atoms with Gasteiger partial charge in [0.15, 0.2) is 11.5 Å². The zero-order chi connectivity index (χ0) is 21.3. The van der Waals surface area contributed by atoms with Crippen LogP contribution in [-0.4, -0.2) is 41.1 Å². The molecule has 0 bridgehead atoms. The summed E-state index contributed by atoms with van der Waals surface area (Å²) in [5, 5.41) is 12.2. The highest BCUT2D eigenvalue weighted by atomic mass is 32.2. The predicted octanol–water partition coefficient (Wildman–Crippen LogP) is 2.74. The minimum absolute atomic E-state index is 0.0147. The zero-order valence-electron chi connectivity index (χ0n) is 16.8.